The number of rotatable bonds is 5. The summed E-state index contributed by atoms with van der Waals surface area (Å²) >= 11 is 0. The van der Waals surface area contributed by atoms with Crippen LogP contribution in [0.4, 0.5) is 14.9 Å². The molecule has 0 aliphatic carbocycles. The lowest BCUT2D eigenvalue weighted by molar-refractivity contribution is 0.251. The molecule has 0 fully saturated rings. The highest BCUT2D eigenvalue weighted by molar-refractivity contribution is 5.91. The molecule has 6 nitrogen and oxygen atoms in total. The number of anilines is 1. The molecule has 2 aromatic carbocycles. The van der Waals surface area contributed by atoms with Crippen LogP contribution in [0.2, 0.25) is 0 Å². The number of fused-ring (bicyclic) bond motifs is 1. The van der Waals surface area contributed by atoms with Crippen LogP contribution in [0, 0.1) is 5.82 Å². The number of hydrogen-bond donors (Lipinski definition) is 2. The SMILES string of the molecule is CCCn1c(=O)oc2cc(NC(=O)NCc3ccc(F)cc3)ccc21. The Balaban J connectivity index is 1.66. The number of benzene rings is 2. The Bertz CT molecular complexity index is 944. The number of carbonyl (C=O) groups excluding carboxylic acids is 1. The molecule has 2 N–H and O–H groups in total. The first kappa shape index (κ1) is 16.8. The van der Waals surface area contributed by atoms with Crippen LogP contribution >= 0.6 is 0 Å². The van der Waals surface area contributed by atoms with Crippen LogP contribution in [0.25, 0.3) is 11.1 Å². The standard InChI is InChI=1S/C18H18FN3O3/c1-2-9-22-15-8-7-14(10-16(15)25-18(22)24)21-17(23)20-11-12-3-5-13(19)6-4-12/h3-8,10H,2,9,11H2,1H3,(H2,20,21,23). The number of carbonyl (C=O) groups is 1. The molecule has 0 saturated carbocycles. The minimum Gasteiger partial charge on any atom is -0.408 e. The summed E-state index contributed by atoms with van der Waals surface area (Å²) in [6.45, 7) is 2.83. The van der Waals surface area contributed by atoms with Crippen molar-refractivity contribution in [3.63, 3.8) is 0 Å². The van der Waals surface area contributed by atoms with E-state index >= 15 is 0 Å². The molecule has 0 aliphatic rings. The highest BCUT2D eigenvalue weighted by Gasteiger charge is 2.10. The summed E-state index contributed by atoms with van der Waals surface area (Å²) in [5.41, 5.74) is 2.43. The third-order valence-electron chi connectivity index (χ3n) is 3.74. The lowest BCUT2D eigenvalue weighted by Crippen LogP contribution is -2.28. The highest BCUT2D eigenvalue weighted by Crippen LogP contribution is 2.18. The van der Waals surface area contributed by atoms with E-state index < -0.39 is 11.8 Å². The molecule has 25 heavy (non-hydrogen) atoms. The number of aryl methyl sites for hydroxylation is 1. The van der Waals surface area contributed by atoms with E-state index in [9.17, 15) is 14.0 Å². The summed E-state index contributed by atoms with van der Waals surface area (Å²) in [7, 11) is 0. The zero-order chi connectivity index (χ0) is 17.8. The highest BCUT2D eigenvalue weighted by atomic mass is 19.1. The van der Waals surface area contributed by atoms with Crippen LogP contribution in [0.5, 0.6) is 0 Å². The molecule has 0 atom stereocenters. The maximum Gasteiger partial charge on any atom is 0.419 e. The normalized spacial score (nSPS) is 10.8. The van der Waals surface area contributed by atoms with Crippen LogP contribution in [0.1, 0.15) is 18.9 Å². The number of aromatic nitrogens is 1. The molecule has 0 saturated heterocycles. The second kappa shape index (κ2) is 7.21. The number of amides is 2. The van der Waals surface area contributed by atoms with Crippen molar-refractivity contribution >= 4 is 22.8 Å². The van der Waals surface area contributed by atoms with Gasteiger partial charge in [0.05, 0.1) is 5.52 Å². The van der Waals surface area contributed by atoms with Gasteiger partial charge in [0.2, 0.25) is 0 Å². The summed E-state index contributed by atoms with van der Waals surface area (Å²) in [6.07, 6.45) is 0.820. The Morgan fingerprint density at radius 2 is 1.96 bits per heavy atom. The molecule has 130 valence electrons. The average Bonchev–Trinajstić information content (AvgIpc) is 2.90. The van der Waals surface area contributed by atoms with Gasteiger partial charge in [0.15, 0.2) is 5.58 Å². The number of urea groups is 1. The van der Waals surface area contributed by atoms with Crippen LogP contribution in [-0.4, -0.2) is 10.6 Å². The first-order chi connectivity index (χ1) is 12.1. The zero-order valence-electron chi connectivity index (χ0n) is 13.7. The fraction of sp³-hybridized carbons (Fsp3) is 0.222. The molecule has 0 bridgehead atoms. The van der Waals surface area contributed by atoms with E-state index in [1.807, 2.05) is 6.92 Å². The molecule has 0 spiro atoms. The van der Waals surface area contributed by atoms with Crippen molar-refractivity contribution in [2.75, 3.05) is 5.32 Å². The first-order valence-corrected chi connectivity index (χ1v) is 7.99. The van der Waals surface area contributed by atoms with Crippen molar-refractivity contribution in [2.24, 2.45) is 0 Å². The van der Waals surface area contributed by atoms with Crippen molar-refractivity contribution in [3.8, 4) is 0 Å². The summed E-state index contributed by atoms with van der Waals surface area (Å²) in [4.78, 5) is 23.8. The van der Waals surface area contributed by atoms with Gasteiger partial charge in [0.1, 0.15) is 5.82 Å². The Morgan fingerprint density at radius 3 is 2.68 bits per heavy atom. The second-order valence-corrected chi connectivity index (χ2v) is 5.64. The molecule has 0 radical (unpaired) electrons. The Morgan fingerprint density at radius 1 is 1.20 bits per heavy atom. The molecule has 0 unspecified atom stereocenters. The van der Waals surface area contributed by atoms with Gasteiger partial charge in [-0.15, -0.1) is 0 Å². The molecular formula is C18H18FN3O3. The molecule has 1 heterocycles. The molecule has 3 aromatic rings. The summed E-state index contributed by atoms with van der Waals surface area (Å²) in [5, 5.41) is 5.36. The summed E-state index contributed by atoms with van der Waals surface area (Å²) < 4.78 is 19.6. The number of nitrogens with one attached hydrogen (secondary N) is 2. The van der Waals surface area contributed by atoms with Crippen LogP contribution < -0.4 is 16.4 Å². The lowest BCUT2D eigenvalue weighted by atomic mass is 10.2. The van der Waals surface area contributed by atoms with Gasteiger partial charge in [-0.1, -0.05) is 19.1 Å². The van der Waals surface area contributed by atoms with E-state index in [1.54, 1.807) is 34.9 Å². The molecular weight excluding hydrogens is 325 g/mol. The maximum atomic E-state index is 12.8. The van der Waals surface area contributed by atoms with Crippen LogP contribution in [0.3, 0.4) is 0 Å². The van der Waals surface area contributed by atoms with E-state index in [-0.39, 0.29) is 12.4 Å². The number of nitrogens with zero attached hydrogens (tertiary/aromatic N) is 1. The van der Waals surface area contributed by atoms with E-state index in [2.05, 4.69) is 10.6 Å². The maximum absolute atomic E-state index is 12.8. The minimum atomic E-state index is -0.408. The second-order valence-electron chi connectivity index (χ2n) is 5.64. The van der Waals surface area contributed by atoms with Gasteiger partial charge in [-0.2, -0.15) is 0 Å². The topological polar surface area (TPSA) is 76.3 Å². The van der Waals surface area contributed by atoms with E-state index in [0.29, 0.717) is 23.3 Å². The fourth-order valence-electron chi connectivity index (χ4n) is 2.54. The van der Waals surface area contributed by atoms with Crippen molar-refractivity contribution < 1.29 is 13.6 Å². The van der Waals surface area contributed by atoms with Gasteiger partial charge in [-0.05, 0) is 36.2 Å². The Labute approximate surface area is 143 Å². The summed E-state index contributed by atoms with van der Waals surface area (Å²) in [5.74, 6) is -0.729. The third-order valence-corrected chi connectivity index (χ3v) is 3.74. The van der Waals surface area contributed by atoms with Crippen LogP contribution in [-0.2, 0) is 13.1 Å². The van der Waals surface area contributed by atoms with Gasteiger partial charge >= 0.3 is 11.8 Å². The molecule has 0 aliphatic heterocycles. The van der Waals surface area contributed by atoms with Crippen molar-refractivity contribution in [3.05, 3.63) is 64.4 Å². The predicted octanol–water partition coefficient (Wildman–Crippen LogP) is 3.47. The Hall–Kier alpha value is -3.09. The Kier molecular flexibility index (Phi) is 4.83. The van der Waals surface area contributed by atoms with E-state index in [0.717, 1.165) is 12.0 Å². The van der Waals surface area contributed by atoms with Gasteiger partial charge < -0.3 is 15.1 Å². The third kappa shape index (κ3) is 3.88. The number of hydrogen-bond acceptors (Lipinski definition) is 3. The van der Waals surface area contributed by atoms with Crippen molar-refractivity contribution in [1.82, 2.24) is 9.88 Å². The predicted molar refractivity (Wildman–Crippen MR) is 93.0 cm³/mol. The monoisotopic (exact) mass is 343 g/mol. The van der Waals surface area contributed by atoms with E-state index in [1.165, 1.54) is 12.1 Å². The fourth-order valence-corrected chi connectivity index (χ4v) is 2.54. The van der Waals surface area contributed by atoms with Gasteiger partial charge in [-0.25, -0.2) is 14.0 Å². The zero-order valence-corrected chi connectivity index (χ0v) is 13.7. The van der Waals surface area contributed by atoms with Crippen molar-refractivity contribution in [2.45, 2.75) is 26.4 Å². The van der Waals surface area contributed by atoms with Crippen molar-refractivity contribution in [1.29, 1.82) is 0 Å². The minimum absolute atomic E-state index is 0.274. The van der Waals surface area contributed by atoms with Gasteiger partial charge in [-0.3, -0.25) is 4.57 Å². The average molecular weight is 343 g/mol. The quantitative estimate of drug-likeness (QED) is 0.745. The lowest BCUT2D eigenvalue weighted by Gasteiger charge is -2.08. The smallest absolute Gasteiger partial charge is 0.408 e. The first-order valence-electron chi connectivity index (χ1n) is 7.99. The summed E-state index contributed by atoms with van der Waals surface area (Å²) in [6, 6.07) is 10.5. The molecule has 2 amide bonds. The molecule has 1 aromatic heterocycles. The molecule has 3 rings (SSSR count). The van der Waals surface area contributed by atoms with Gasteiger partial charge in [0.25, 0.3) is 0 Å². The number of oxazole rings is 1. The van der Waals surface area contributed by atoms with Gasteiger partial charge in [0, 0.05) is 24.8 Å². The number of halogens is 1. The largest absolute Gasteiger partial charge is 0.419 e. The van der Waals surface area contributed by atoms with E-state index in [4.69, 9.17) is 4.42 Å². The molecule has 7 heteroatoms. The van der Waals surface area contributed by atoms with Crippen LogP contribution in [0.15, 0.2) is 51.7 Å².